The Hall–Kier alpha value is -1.95. The molecular weight excluding hydrogens is 603 g/mol. The van der Waals surface area contributed by atoms with Crippen LogP contribution in [0.25, 0.3) is 34.0 Å². The molecule has 0 saturated heterocycles. The fourth-order valence-corrected chi connectivity index (χ4v) is 2.78. The van der Waals surface area contributed by atoms with Crippen molar-refractivity contribution < 1.29 is 63.3 Å². The molecule has 0 aliphatic heterocycles. The summed E-state index contributed by atoms with van der Waals surface area (Å²) in [6.07, 6.45) is 3.28. The van der Waals surface area contributed by atoms with Gasteiger partial charge in [-0.15, -0.1) is 6.20 Å². The van der Waals surface area contributed by atoms with Crippen molar-refractivity contribution in [2.24, 2.45) is 0 Å². The number of imidazole rings is 1. The summed E-state index contributed by atoms with van der Waals surface area (Å²) in [4.78, 5) is 24.5. The second kappa shape index (κ2) is 9.50. The summed E-state index contributed by atoms with van der Waals surface area (Å²) >= 11 is 0. The van der Waals surface area contributed by atoms with E-state index < -0.39 is 5.97 Å². The van der Waals surface area contributed by atoms with Crippen molar-refractivity contribution in [2.45, 2.75) is 0 Å². The van der Waals surface area contributed by atoms with E-state index in [0.29, 0.717) is 22.6 Å². The molecule has 0 bridgehead atoms. The number of rotatable bonds is 3. The van der Waals surface area contributed by atoms with Crippen LogP contribution in [0.3, 0.4) is 0 Å². The Morgan fingerprint density at radius 2 is 2.00 bits per heavy atom. The smallest absolute Gasteiger partial charge is 0.337 e. The molecule has 4 aromatic rings. The minimum Gasteiger partial charge on any atom is -0.465 e. The number of pyridine rings is 1. The molecule has 137 valence electrons. The largest absolute Gasteiger partial charge is 0.465 e. The van der Waals surface area contributed by atoms with Gasteiger partial charge in [-0.25, -0.2) is 15.8 Å². The Kier molecular flexibility index (Phi) is 7.58. The van der Waals surface area contributed by atoms with Gasteiger partial charge in [0.05, 0.1) is 12.7 Å². The molecule has 4 rings (SSSR count). The van der Waals surface area contributed by atoms with Crippen LogP contribution >= 0.6 is 0 Å². The Labute approximate surface area is 200 Å². The number of hydrogen-bond acceptors (Lipinski definition) is 5. The summed E-state index contributed by atoms with van der Waals surface area (Å²) in [7, 11) is 1.34. The van der Waals surface area contributed by atoms with Crippen molar-refractivity contribution in [3.05, 3.63) is 72.2 Å². The van der Waals surface area contributed by atoms with Gasteiger partial charge in [-0.05, 0) is 36.0 Å². The molecule has 1 aromatic carbocycles. The number of esters is 1. The molecule has 9 heteroatoms. The second-order valence-corrected chi connectivity index (χ2v) is 5.50. The molecule has 0 spiro atoms. The van der Waals surface area contributed by atoms with Crippen LogP contribution in [0.1, 0.15) is 10.4 Å². The summed E-state index contributed by atoms with van der Waals surface area (Å²) in [6, 6.07) is 15.7. The summed E-state index contributed by atoms with van der Waals surface area (Å²) < 4.78 is 6.67. The zero-order valence-electron chi connectivity index (χ0n) is 14.8. The molecule has 7 nitrogen and oxygen atoms in total. The van der Waals surface area contributed by atoms with Gasteiger partial charge >= 0.3 is 5.97 Å². The van der Waals surface area contributed by atoms with Crippen LogP contribution in [0.4, 0.5) is 5.95 Å². The van der Waals surface area contributed by atoms with Gasteiger partial charge in [-0.2, -0.15) is 5.69 Å². The number of carbonyl (C=O) groups is 1. The third kappa shape index (κ3) is 4.22. The van der Waals surface area contributed by atoms with E-state index >= 15 is 0 Å². The number of fused-ring (bicyclic) bond motifs is 1. The maximum atomic E-state index is 11.9. The first-order valence-corrected chi connectivity index (χ1v) is 7.80. The third-order valence-corrected chi connectivity index (χ3v) is 3.92. The fourth-order valence-electron chi connectivity index (χ4n) is 2.78. The van der Waals surface area contributed by atoms with Gasteiger partial charge in [0.15, 0.2) is 0 Å². The van der Waals surface area contributed by atoms with E-state index in [2.05, 4.69) is 21.0 Å². The molecule has 3 aromatic heterocycles. The van der Waals surface area contributed by atoms with Crippen LogP contribution in [-0.2, 0) is 58.5 Å². The van der Waals surface area contributed by atoms with Crippen molar-refractivity contribution in [1.29, 1.82) is 0 Å². The summed E-state index contributed by atoms with van der Waals surface area (Å²) in [5.74, 6) is -0.516. The first-order valence-electron chi connectivity index (χ1n) is 7.80. The number of nitrogens with zero attached hydrogens (tertiary/aromatic N) is 4. The molecule has 0 amide bonds. The molecule has 0 saturated carbocycles. The van der Waals surface area contributed by atoms with Gasteiger partial charge in [0.25, 0.3) is 0 Å². The van der Waals surface area contributed by atoms with Crippen molar-refractivity contribution in [2.75, 3.05) is 7.11 Å². The monoisotopic (exact) mass is 616 g/mol. The van der Waals surface area contributed by atoms with Crippen molar-refractivity contribution in [3.63, 3.8) is 0 Å². The molecule has 0 fully saturated rings. The molecular formula is C19H13N5O2WY-2. The van der Waals surface area contributed by atoms with Crippen LogP contribution in [0.5, 0.6) is 0 Å². The van der Waals surface area contributed by atoms with E-state index in [4.69, 9.17) is 10.5 Å². The van der Waals surface area contributed by atoms with E-state index in [1.807, 2.05) is 34.9 Å². The van der Waals surface area contributed by atoms with E-state index in [1.165, 1.54) is 13.3 Å². The van der Waals surface area contributed by atoms with E-state index in [1.54, 1.807) is 18.2 Å². The molecule has 28 heavy (non-hydrogen) atoms. The molecule has 1 radical (unpaired) electrons. The molecule has 0 atom stereocenters. The van der Waals surface area contributed by atoms with Gasteiger partial charge in [0.2, 0.25) is 0 Å². The maximum absolute atomic E-state index is 11.9. The quantitative estimate of drug-likeness (QED) is 0.259. The number of nitrogens with one attached hydrogen (secondary N) is 1. The normalized spacial score (nSPS) is 10.0. The Morgan fingerprint density at radius 1 is 1.18 bits per heavy atom. The van der Waals surface area contributed by atoms with Gasteiger partial charge in [0, 0.05) is 65.4 Å². The van der Waals surface area contributed by atoms with Crippen LogP contribution in [0.2, 0.25) is 0 Å². The average Bonchev–Trinajstić information content (AvgIpc) is 3.07. The second-order valence-electron chi connectivity index (χ2n) is 5.50. The van der Waals surface area contributed by atoms with Gasteiger partial charge in [-0.3, -0.25) is 0 Å². The Bertz CT molecular complexity index is 1130. The minimum atomic E-state index is -0.417. The molecule has 0 unspecified atom stereocenters. The number of methoxy groups -OCH3 is 1. The topological polar surface area (TPSA) is 93.2 Å². The molecule has 3 heterocycles. The van der Waals surface area contributed by atoms with Crippen LogP contribution in [0.15, 0.2) is 54.9 Å². The number of aromatic nitrogens is 4. The SMILES string of the molecule is COC(=O)c1cccc(-c2nc3ccccn3c2-c2[c-]cnc([NH-])n2)c1.[W].[Y]. The van der Waals surface area contributed by atoms with E-state index in [9.17, 15) is 4.79 Å². The minimum absolute atomic E-state index is 0. The van der Waals surface area contributed by atoms with Crippen LogP contribution < -0.4 is 0 Å². The standard InChI is InChI=1S/C19H13N5O2.W.Y/c1-26-18(25)13-6-4-5-12(11-13)16-17(14-8-9-21-19(20)22-14)24-10-3-2-7-15(24)23-16;;/h2-7,9-11H,1H3,(H-,20,21,22);;/q-2;;. The Morgan fingerprint density at radius 3 is 2.75 bits per heavy atom. The number of ether oxygens (including phenoxy) is 1. The average molecular weight is 616 g/mol. The summed E-state index contributed by atoms with van der Waals surface area (Å²) in [6.45, 7) is 0. The van der Waals surface area contributed by atoms with Crippen molar-refractivity contribution in [1.82, 2.24) is 19.4 Å². The summed E-state index contributed by atoms with van der Waals surface area (Å²) in [5.41, 5.74) is 11.4. The molecule has 1 N–H and O–H groups in total. The molecule has 0 aliphatic rings. The van der Waals surface area contributed by atoms with E-state index in [-0.39, 0.29) is 59.7 Å². The predicted molar refractivity (Wildman–Crippen MR) is 95.8 cm³/mol. The Balaban J connectivity index is 0.00000140. The number of benzene rings is 1. The van der Waals surface area contributed by atoms with Gasteiger partial charge in [-0.1, -0.05) is 23.9 Å². The van der Waals surface area contributed by atoms with Gasteiger partial charge in [0.1, 0.15) is 5.65 Å². The van der Waals surface area contributed by atoms with Crippen molar-refractivity contribution in [3.8, 4) is 22.6 Å². The van der Waals surface area contributed by atoms with Crippen LogP contribution in [-0.4, -0.2) is 32.4 Å². The predicted octanol–water partition coefficient (Wildman–Crippen LogP) is 3.72. The zero-order valence-corrected chi connectivity index (χ0v) is 20.6. The zero-order chi connectivity index (χ0) is 18.1. The summed E-state index contributed by atoms with van der Waals surface area (Å²) in [5, 5.41) is 0. The number of carbonyl (C=O) groups excluding carboxylic acids is 1. The van der Waals surface area contributed by atoms with Gasteiger partial charge < -0.3 is 24.8 Å². The first-order chi connectivity index (χ1) is 12.7. The van der Waals surface area contributed by atoms with Crippen molar-refractivity contribution >= 4 is 17.6 Å². The van der Waals surface area contributed by atoms with Crippen LogP contribution in [0, 0.1) is 6.07 Å². The maximum Gasteiger partial charge on any atom is 0.337 e. The first kappa shape index (κ1) is 22.3. The third-order valence-electron chi connectivity index (χ3n) is 3.92. The fraction of sp³-hybridized carbons (Fsp3) is 0.0526. The molecule has 0 aliphatic carbocycles. The number of hydrogen-bond donors (Lipinski definition) is 0. The van der Waals surface area contributed by atoms with E-state index in [0.717, 1.165) is 11.2 Å².